The average Bonchev–Trinajstić information content (AvgIpc) is 3.05. The zero-order valence-electron chi connectivity index (χ0n) is 9.91. The van der Waals surface area contributed by atoms with Crippen LogP contribution < -0.4 is 11.1 Å². The highest BCUT2D eigenvalue weighted by Crippen LogP contribution is 2.19. The van der Waals surface area contributed by atoms with Crippen molar-refractivity contribution in [1.82, 2.24) is 5.32 Å². The molecule has 0 saturated heterocycles. The molecule has 1 saturated carbocycles. The second kappa shape index (κ2) is 7.60. The predicted molar refractivity (Wildman–Crippen MR) is 61.1 cm³/mol. The second-order valence-electron chi connectivity index (χ2n) is 4.14. The van der Waals surface area contributed by atoms with Crippen LogP contribution in [0.1, 0.15) is 25.7 Å². The lowest BCUT2D eigenvalue weighted by Gasteiger charge is -2.14. The van der Waals surface area contributed by atoms with Crippen molar-refractivity contribution in [3.8, 4) is 0 Å². The molecule has 0 aromatic carbocycles. The molecule has 0 aromatic heterocycles. The van der Waals surface area contributed by atoms with Crippen LogP contribution in [0.5, 0.6) is 0 Å². The van der Waals surface area contributed by atoms with Gasteiger partial charge in [0.05, 0.1) is 6.04 Å². The Bertz CT molecular complexity index is 207. The van der Waals surface area contributed by atoms with Crippen LogP contribution in [0, 0.1) is 0 Å². The molecule has 1 aliphatic carbocycles. The van der Waals surface area contributed by atoms with E-state index in [1.54, 1.807) is 7.11 Å². The molecule has 0 aliphatic heterocycles. The first-order chi connectivity index (χ1) is 7.74. The molecule has 5 heteroatoms. The summed E-state index contributed by atoms with van der Waals surface area (Å²) in [6.07, 6.45) is 3.84. The van der Waals surface area contributed by atoms with Gasteiger partial charge in [0.25, 0.3) is 0 Å². The molecule has 0 heterocycles. The van der Waals surface area contributed by atoms with Crippen molar-refractivity contribution in [3.05, 3.63) is 0 Å². The normalized spacial score (nSPS) is 17.3. The maximum Gasteiger partial charge on any atom is 0.234 e. The number of hydrogen-bond donors (Lipinski definition) is 2. The van der Waals surface area contributed by atoms with Gasteiger partial charge >= 0.3 is 0 Å². The minimum Gasteiger partial charge on any atom is -0.385 e. The van der Waals surface area contributed by atoms with Crippen molar-refractivity contribution in [3.63, 3.8) is 0 Å². The van der Waals surface area contributed by atoms with Crippen molar-refractivity contribution >= 4 is 5.91 Å². The van der Waals surface area contributed by atoms with E-state index < -0.39 is 0 Å². The summed E-state index contributed by atoms with van der Waals surface area (Å²) in [4.78, 5) is 11.1. The average molecular weight is 230 g/mol. The molecule has 3 N–H and O–H groups in total. The first-order valence-corrected chi connectivity index (χ1v) is 5.86. The van der Waals surface area contributed by atoms with Crippen LogP contribution >= 0.6 is 0 Å². The summed E-state index contributed by atoms with van der Waals surface area (Å²) in [6, 6.07) is 0.251. The van der Waals surface area contributed by atoms with E-state index in [-0.39, 0.29) is 11.9 Å². The molecule has 1 unspecified atom stereocenters. The van der Waals surface area contributed by atoms with Gasteiger partial charge in [0.2, 0.25) is 5.91 Å². The monoisotopic (exact) mass is 230 g/mol. The van der Waals surface area contributed by atoms with Crippen LogP contribution in [0.3, 0.4) is 0 Å². The van der Waals surface area contributed by atoms with E-state index in [9.17, 15) is 4.79 Å². The highest BCUT2D eigenvalue weighted by Gasteiger charge is 2.26. The van der Waals surface area contributed by atoms with Gasteiger partial charge in [0.1, 0.15) is 0 Å². The quantitative estimate of drug-likeness (QED) is 0.520. The minimum atomic E-state index is -0.285. The third kappa shape index (κ3) is 6.05. The van der Waals surface area contributed by atoms with Gasteiger partial charge in [0.15, 0.2) is 0 Å². The highest BCUT2D eigenvalue weighted by molar-refractivity contribution is 5.79. The zero-order chi connectivity index (χ0) is 11.8. The smallest absolute Gasteiger partial charge is 0.234 e. The van der Waals surface area contributed by atoms with Gasteiger partial charge in [-0.1, -0.05) is 0 Å². The van der Waals surface area contributed by atoms with Crippen molar-refractivity contribution in [2.24, 2.45) is 5.73 Å². The number of methoxy groups -OCH3 is 1. The lowest BCUT2D eigenvalue weighted by Crippen LogP contribution is -2.43. The van der Waals surface area contributed by atoms with Gasteiger partial charge in [0, 0.05) is 33.0 Å². The molecule has 1 aliphatic rings. The number of primary amides is 1. The Morgan fingerprint density at radius 1 is 1.44 bits per heavy atom. The number of nitrogens with two attached hydrogens (primary N) is 1. The van der Waals surface area contributed by atoms with E-state index in [0.717, 1.165) is 19.3 Å². The first kappa shape index (κ1) is 13.4. The fraction of sp³-hybridized carbons (Fsp3) is 0.909. The summed E-state index contributed by atoms with van der Waals surface area (Å²) in [7, 11) is 1.67. The van der Waals surface area contributed by atoms with E-state index in [1.165, 1.54) is 0 Å². The Kier molecular flexibility index (Phi) is 6.37. The van der Waals surface area contributed by atoms with Crippen LogP contribution in [0.25, 0.3) is 0 Å². The highest BCUT2D eigenvalue weighted by atomic mass is 16.5. The molecule has 0 aromatic rings. The topological polar surface area (TPSA) is 73.6 Å². The minimum absolute atomic E-state index is 0.241. The number of amides is 1. The van der Waals surface area contributed by atoms with Crippen molar-refractivity contribution in [1.29, 1.82) is 0 Å². The lowest BCUT2D eigenvalue weighted by atomic mass is 10.2. The third-order valence-corrected chi connectivity index (χ3v) is 2.55. The summed E-state index contributed by atoms with van der Waals surface area (Å²) >= 11 is 0. The number of carbonyl (C=O) groups is 1. The van der Waals surface area contributed by atoms with Crippen molar-refractivity contribution < 1.29 is 14.3 Å². The van der Waals surface area contributed by atoms with Crippen LogP contribution in [-0.4, -0.2) is 44.9 Å². The van der Waals surface area contributed by atoms with Gasteiger partial charge < -0.3 is 20.5 Å². The Hall–Kier alpha value is -0.650. The van der Waals surface area contributed by atoms with Gasteiger partial charge in [-0.05, 0) is 25.7 Å². The molecule has 16 heavy (non-hydrogen) atoms. The zero-order valence-corrected chi connectivity index (χ0v) is 9.91. The van der Waals surface area contributed by atoms with Crippen molar-refractivity contribution in [2.45, 2.75) is 37.8 Å². The summed E-state index contributed by atoms with van der Waals surface area (Å²) in [6.45, 7) is 1.94. The fourth-order valence-electron chi connectivity index (χ4n) is 1.45. The molecule has 0 radical (unpaired) electrons. The number of nitrogens with one attached hydrogen (secondary N) is 1. The molecule has 94 valence electrons. The van der Waals surface area contributed by atoms with Gasteiger partial charge in [-0.15, -0.1) is 0 Å². The van der Waals surface area contributed by atoms with E-state index in [2.05, 4.69) is 5.32 Å². The molecule has 1 rings (SSSR count). The number of rotatable bonds is 10. The molecule has 0 bridgehead atoms. The summed E-state index contributed by atoms with van der Waals surface area (Å²) < 4.78 is 10.3. The predicted octanol–water partition coefficient (Wildman–Crippen LogP) is 0.0355. The Morgan fingerprint density at radius 3 is 2.75 bits per heavy atom. The Labute approximate surface area is 96.7 Å². The second-order valence-corrected chi connectivity index (χ2v) is 4.14. The van der Waals surface area contributed by atoms with Crippen molar-refractivity contribution in [2.75, 3.05) is 26.9 Å². The largest absolute Gasteiger partial charge is 0.385 e. The maximum atomic E-state index is 11.1. The molecule has 1 atom stereocenters. The van der Waals surface area contributed by atoms with Crippen LogP contribution in [0.2, 0.25) is 0 Å². The third-order valence-electron chi connectivity index (χ3n) is 2.55. The summed E-state index contributed by atoms with van der Waals surface area (Å²) in [5, 5.41) is 3.21. The number of hydrogen-bond acceptors (Lipinski definition) is 4. The number of ether oxygens (including phenoxy) is 2. The number of carbonyl (C=O) groups excluding carboxylic acids is 1. The van der Waals surface area contributed by atoms with E-state index in [4.69, 9.17) is 15.2 Å². The SMILES string of the molecule is COCCCOCCC(NC1CC1)C(N)=O. The first-order valence-electron chi connectivity index (χ1n) is 5.86. The van der Waals surface area contributed by atoms with E-state index in [0.29, 0.717) is 32.3 Å². The van der Waals surface area contributed by atoms with Crippen LogP contribution in [-0.2, 0) is 14.3 Å². The molecular weight excluding hydrogens is 208 g/mol. The molecular formula is C11H22N2O3. The van der Waals surface area contributed by atoms with Crippen LogP contribution in [0.15, 0.2) is 0 Å². The molecule has 1 fully saturated rings. The summed E-state index contributed by atoms with van der Waals surface area (Å²) in [5.41, 5.74) is 5.30. The van der Waals surface area contributed by atoms with Gasteiger partial charge in [-0.25, -0.2) is 0 Å². The lowest BCUT2D eigenvalue weighted by molar-refractivity contribution is -0.120. The van der Waals surface area contributed by atoms with Crippen LogP contribution in [0.4, 0.5) is 0 Å². The van der Waals surface area contributed by atoms with E-state index >= 15 is 0 Å². The maximum absolute atomic E-state index is 11.1. The molecule has 5 nitrogen and oxygen atoms in total. The van der Waals surface area contributed by atoms with Gasteiger partial charge in [-0.3, -0.25) is 4.79 Å². The Morgan fingerprint density at radius 2 is 2.19 bits per heavy atom. The van der Waals surface area contributed by atoms with E-state index in [1.807, 2.05) is 0 Å². The Balaban J connectivity index is 2.00. The standard InChI is InChI=1S/C11H22N2O3/c1-15-6-2-7-16-8-5-10(11(12)14)13-9-3-4-9/h9-10,13H,2-8H2,1H3,(H2,12,14). The summed E-state index contributed by atoms with van der Waals surface area (Å²) in [5.74, 6) is -0.285. The fourth-order valence-corrected chi connectivity index (χ4v) is 1.45. The van der Waals surface area contributed by atoms with Gasteiger partial charge in [-0.2, -0.15) is 0 Å². The molecule has 1 amide bonds. The molecule has 0 spiro atoms.